The van der Waals surface area contributed by atoms with Crippen LogP contribution in [0.1, 0.15) is 60.3 Å². The van der Waals surface area contributed by atoms with Gasteiger partial charge in [-0.15, -0.1) is 0 Å². The summed E-state index contributed by atoms with van der Waals surface area (Å²) in [6.07, 6.45) is 5.99. The van der Waals surface area contributed by atoms with Crippen molar-refractivity contribution in [1.82, 2.24) is 10.2 Å². The van der Waals surface area contributed by atoms with E-state index in [1.165, 1.54) is 32.2 Å². The van der Waals surface area contributed by atoms with E-state index in [-0.39, 0.29) is 0 Å². The van der Waals surface area contributed by atoms with Crippen molar-refractivity contribution in [2.24, 2.45) is 11.8 Å². The first-order valence-corrected chi connectivity index (χ1v) is 9.07. The van der Waals surface area contributed by atoms with E-state index >= 15 is 0 Å². The Morgan fingerprint density at radius 2 is 1.81 bits per heavy atom. The van der Waals surface area contributed by atoms with Crippen molar-refractivity contribution in [2.45, 2.75) is 84.6 Å². The number of nitrogens with zero attached hydrogens (tertiary/aromatic N) is 1. The van der Waals surface area contributed by atoms with Gasteiger partial charge in [0.25, 0.3) is 0 Å². The van der Waals surface area contributed by atoms with Crippen LogP contribution in [0.3, 0.4) is 0 Å². The summed E-state index contributed by atoms with van der Waals surface area (Å²) >= 11 is 0. The van der Waals surface area contributed by atoms with Gasteiger partial charge >= 0.3 is 0 Å². The normalized spacial score (nSPS) is 35.0. The lowest BCUT2D eigenvalue weighted by Crippen LogP contribution is -2.58. The topological polar surface area (TPSA) is 24.5 Å². The van der Waals surface area contributed by atoms with E-state index < -0.39 is 0 Å². The summed E-state index contributed by atoms with van der Waals surface area (Å²) in [4.78, 5) is 2.73. The van der Waals surface area contributed by atoms with Gasteiger partial charge in [-0.3, -0.25) is 4.90 Å². The zero-order valence-corrected chi connectivity index (χ0v) is 14.8. The van der Waals surface area contributed by atoms with Crippen LogP contribution in [0.2, 0.25) is 0 Å². The molecular weight excluding hydrogens is 260 g/mol. The van der Waals surface area contributed by atoms with Gasteiger partial charge in [0.15, 0.2) is 0 Å². The third kappa shape index (κ3) is 5.54. The van der Waals surface area contributed by atoms with Crippen LogP contribution < -0.4 is 5.32 Å². The third-order valence-corrected chi connectivity index (χ3v) is 4.87. The number of piperazine rings is 1. The highest BCUT2D eigenvalue weighted by atomic mass is 16.5. The molecular formula is C18H36N2O. The molecule has 0 radical (unpaired) electrons. The maximum Gasteiger partial charge on any atom is 0.0706 e. The second-order valence-corrected chi connectivity index (χ2v) is 8.12. The fourth-order valence-electron chi connectivity index (χ4n) is 3.94. The molecule has 4 atom stereocenters. The monoisotopic (exact) mass is 296 g/mol. The smallest absolute Gasteiger partial charge is 0.0706 e. The largest absolute Gasteiger partial charge is 0.374 e. The van der Waals surface area contributed by atoms with Crippen molar-refractivity contribution >= 4 is 0 Å². The fourth-order valence-corrected chi connectivity index (χ4v) is 3.94. The first kappa shape index (κ1) is 17.2. The minimum Gasteiger partial charge on any atom is -0.374 e. The first-order valence-electron chi connectivity index (χ1n) is 9.07. The Labute approximate surface area is 131 Å². The van der Waals surface area contributed by atoms with Gasteiger partial charge < -0.3 is 10.1 Å². The van der Waals surface area contributed by atoms with Crippen LogP contribution in [-0.4, -0.2) is 48.8 Å². The van der Waals surface area contributed by atoms with Gasteiger partial charge in [-0.05, 0) is 44.4 Å². The predicted molar refractivity (Wildman–Crippen MR) is 89.6 cm³/mol. The SMILES string of the molecule is CC(C)CC1CN(CC2CCC(C)O2)C(CC(C)C)CN1. The van der Waals surface area contributed by atoms with Crippen LogP contribution in [0.25, 0.3) is 0 Å². The molecule has 3 nitrogen and oxygen atoms in total. The Balaban J connectivity index is 1.91. The molecule has 2 aliphatic heterocycles. The van der Waals surface area contributed by atoms with Crippen LogP contribution in [0, 0.1) is 11.8 Å². The van der Waals surface area contributed by atoms with Gasteiger partial charge in [-0.25, -0.2) is 0 Å². The molecule has 0 bridgehead atoms. The van der Waals surface area contributed by atoms with E-state index in [1.54, 1.807) is 0 Å². The van der Waals surface area contributed by atoms with Gasteiger partial charge in [-0.2, -0.15) is 0 Å². The van der Waals surface area contributed by atoms with Gasteiger partial charge in [-0.1, -0.05) is 27.7 Å². The zero-order chi connectivity index (χ0) is 15.4. The van der Waals surface area contributed by atoms with Crippen LogP contribution in [-0.2, 0) is 4.74 Å². The van der Waals surface area contributed by atoms with Crippen molar-refractivity contribution in [3.63, 3.8) is 0 Å². The highest BCUT2D eigenvalue weighted by Crippen LogP contribution is 2.24. The molecule has 21 heavy (non-hydrogen) atoms. The molecule has 0 amide bonds. The van der Waals surface area contributed by atoms with Crippen molar-refractivity contribution in [1.29, 1.82) is 0 Å². The minimum absolute atomic E-state index is 0.465. The molecule has 2 heterocycles. The number of ether oxygens (including phenoxy) is 1. The van der Waals surface area contributed by atoms with E-state index in [4.69, 9.17) is 4.74 Å². The predicted octanol–water partition coefficient (Wildman–Crippen LogP) is 3.29. The highest BCUT2D eigenvalue weighted by molar-refractivity contribution is 4.89. The Morgan fingerprint density at radius 3 is 2.38 bits per heavy atom. The molecule has 0 aliphatic carbocycles. The molecule has 2 aliphatic rings. The van der Waals surface area contributed by atoms with E-state index in [1.807, 2.05) is 0 Å². The summed E-state index contributed by atoms with van der Waals surface area (Å²) in [7, 11) is 0. The Kier molecular flexibility index (Phi) is 6.51. The average Bonchev–Trinajstić information content (AvgIpc) is 2.77. The molecule has 4 unspecified atom stereocenters. The van der Waals surface area contributed by atoms with Crippen molar-refractivity contribution in [2.75, 3.05) is 19.6 Å². The van der Waals surface area contributed by atoms with E-state index in [2.05, 4.69) is 44.8 Å². The summed E-state index contributed by atoms with van der Waals surface area (Å²) in [5, 5.41) is 3.79. The second kappa shape index (κ2) is 7.94. The lowest BCUT2D eigenvalue weighted by atomic mass is 9.95. The molecule has 0 aromatic heterocycles. The molecule has 0 saturated carbocycles. The van der Waals surface area contributed by atoms with Crippen LogP contribution in [0.4, 0.5) is 0 Å². The summed E-state index contributed by atoms with van der Waals surface area (Å²) in [6.45, 7) is 15.0. The standard InChI is InChI=1S/C18H36N2O/c1-13(2)8-16-11-20(12-18-7-6-15(5)21-18)17(10-19-16)9-14(3)4/h13-19H,6-12H2,1-5H3. The summed E-state index contributed by atoms with van der Waals surface area (Å²) in [6, 6.07) is 1.35. The molecule has 0 aromatic rings. The molecule has 124 valence electrons. The summed E-state index contributed by atoms with van der Waals surface area (Å²) in [5.74, 6) is 1.54. The average molecular weight is 296 g/mol. The van der Waals surface area contributed by atoms with Crippen molar-refractivity contribution in [3.8, 4) is 0 Å². The number of hydrogen-bond acceptors (Lipinski definition) is 3. The van der Waals surface area contributed by atoms with E-state index in [0.29, 0.717) is 24.3 Å². The van der Waals surface area contributed by atoms with Crippen molar-refractivity contribution < 1.29 is 4.74 Å². The quantitative estimate of drug-likeness (QED) is 0.814. The lowest BCUT2D eigenvalue weighted by Gasteiger charge is -2.42. The van der Waals surface area contributed by atoms with E-state index in [0.717, 1.165) is 24.9 Å². The first-order chi connectivity index (χ1) is 9.94. The Hall–Kier alpha value is -0.120. The van der Waals surface area contributed by atoms with Gasteiger partial charge in [0.05, 0.1) is 12.2 Å². The summed E-state index contributed by atoms with van der Waals surface area (Å²) < 4.78 is 6.07. The van der Waals surface area contributed by atoms with Crippen molar-refractivity contribution in [3.05, 3.63) is 0 Å². The lowest BCUT2D eigenvalue weighted by molar-refractivity contribution is 0.00619. The number of hydrogen-bond donors (Lipinski definition) is 1. The van der Waals surface area contributed by atoms with E-state index in [9.17, 15) is 0 Å². The molecule has 1 N–H and O–H groups in total. The van der Waals surface area contributed by atoms with Gasteiger partial charge in [0.2, 0.25) is 0 Å². The highest BCUT2D eigenvalue weighted by Gasteiger charge is 2.32. The molecule has 2 fully saturated rings. The molecule has 2 saturated heterocycles. The maximum absolute atomic E-state index is 6.07. The second-order valence-electron chi connectivity index (χ2n) is 8.12. The summed E-state index contributed by atoms with van der Waals surface area (Å²) in [5.41, 5.74) is 0. The number of nitrogens with one attached hydrogen (secondary N) is 1. The minimum atomic E-state index is 0.465. The van der Waals surface area contributed by atoms with Gasteiger partial charge in [0.1, 0.15) is 0 Å². The Morgan fingerprint density at radius 1 is 1.10 bits per heavy atom. The molecule has 3 heteroatoms. The maximum atomic E-state index is 6.07. The fraction of sp³-hybridized carbons (Fsp3) is 1.00. The third-order valence-electron chi connectivity index (χ3n) is 4.87. The molecule has 2 rings (SSSR count). The van der Waals surface area contributed by atoms with Crippen LogP contribution in [0.5, 0.6) is 0 Å². The molecule has 0 aromatic carbocycles. The van der Waals surface area contributed by atoms with Crippen LogP contribution in [0.15, 0.2) is 0 Å². The van der Waals surface area contributed by atoms with Gasteiger partial charge in [0, 0.05) is 31.7 Å². The van der Waals surface area contributed by atoms with Crippen LogP contribution >= 0.6 is 0 Å². The number of rotatable bonds is 6. The molecule has 0 spiro atoms. The Bertz CT molecular complexity index is 306. The zero-order valence-electron chi connectivity index (χ0n) is 14.8.